The van der Waals surface area contributed by atoms with Crippen molar-refractivity contribution in [1.82, 2.24) is 20.9 Å². The molecule has 2 atom stereocenters. The lowest BCUT2D eigenvalue weighted by molar-refractivity contribution is -0.145. The van der Waals surface area contributed by atoms with E-state index in [0.717, 1.165) is 22.8 Å². The molecule has 8 nitrogen and oxygen atoms in total. The summed E-state index contributed by atoms with van der Waals surface area (Å²) >= 11 is 0. The van der Waals surface area contributed by atoms with Gasteiger partial charge < -0.3 is 26.0 Å². The number of aliphatic hydroxyl groups is 1. The number of carbonyl (C=O) groups is 3. The highest BCUT2D eigenvalue weighted by Crippen LogP contribution is 2.26. The number of amides is 3. The molecule has 1 unspecified atom stereocenters. The first kappa shape index (κ1) is 29.6. The molecule has 0 radical (unpaired) electrons. The van der Waals surface area contributed by atoms with Gasteiger partial charge in [-0.2, -0.15) is 0 Å². The molecule has 38 heavy (non-hydrogen) atoms. The highest BCUT2D eigenvalue weighted by molar-refractivity contribution is 5.93. The molecule has 0 bridgehead atoms. The minimum Gasteiger partial charge on any atom is -0.389 e. The molecule has 208 valence electrons. The standard InChI is InChI=1S/C30H44N4O4/c1-29(2,3)28(37)34-17-8-12-25(34)27(36)33-24(26(35)32-16-9-15-31-20-30(4,5)38)19-21-13-14-22-10-6-7-11-23(22)18-21/h6-7,10-11,13-14,18,24-25,31,38H,8-9,12,15-17,19-20H2,1-5H3,(H,32,35)(H,33,36)/t24?,25-/m0/s1. The van der Waals surface area contributed by atoms with E-state index in [4.69, 9.17) is 0 Å². The van der Waals surface area contributed by atoms with Crippen molar-refractivity contribution in [1.29, 1.82) is 0 Å². The van der Waals surface area contributed by atoms with Crippen molar-refractivity contribution in [3.05, 3.63) is 48.0 Å². The lowest BCUT2D eigenvalue weighted by Crippen LogP contribution is -2.55. The van der Waals surface area contributed by atoms with Crippen LogP contribution >= 0.6 is 0 Å². The van der Waals surface area contributed by atoms with Crippen LogP contribution < -0.4 is 16.0 Å². The van der Waals surface area contributed by atoms with Gasteiger partial charge in [0.05, 0.1) is 5.60 Å². The van der Waals surface area contributed by atoms with Crippen LogP contribution in [0.1, 0.15) is 59.4 Å². The summed E-state index contributed by atoms with van der Waals surface area (Å²) in [7, 11) is 0. The van der Waals surface area contributed by atoms with Gasteiger partial charge in [0.15, 0.2) is 0 Å². The van der Waals surface area contributed by atoms with Gasteiger partial charge in [-0.25, -0.2) is 0 Å². The molecular weight excluding hydrogens is 480 g/mol. The zero-order valence-corrected chi connectivity index (χ0v) is 23.5. The zero-order valence-electron chi connectivity index (χ0n) is 23.5. The fraction of sp³-hybridized carbons (Fsp3) is 0.567. The van der Waals surface area contributed by atoms with Crippen molar-refractivity contribution < 1.29 is 19.5 Å². The smallest absolute Gasteiger partial charge is 0.243 e. The summed E-state index contributed by atoms with van der Waals surface area (Å²) in [6, 6.07) is 12.8. The summed E-state index contributed by atoms with van der Waals surface area (Å²) in [4.78, 5) is 41.3. The molecule has 0 spiro atoms. The molecule has 3 amide bonds. The molecule has 4 N–H and O–H groups in total. The van der Waals surface area contributed by atoms with Crippen LogP contribution in [0.3, 0.4) is 0 Å². The normalized spacial score (nSPS) is 16.9. The van der Waals surface area contributed by atoms with Crippen molar-refractivity contribution in [2.45, 2.75) is 78.0 Å². The molecule has 0 saturated carbocycles. The molecule has 0 aliphatic carbocycles. The average Bonchev–Trinajstić information content (AvgIpc) is 3.33. The Kier molecular flexibility index (Phi) is 9.90. The zero-order chi connectivity index (χ0) is 27.9. The minimum atomic E-state index is -0.791. The van der Waals surface area contributed by atoms with Crippen LogP contribution in [0.25, 0.3) is 10.8 Å². The van der Waals surface area contributed by atoms with E-state index in [0.29, 0.717) is 45.4 Å². The summed E-state index contributed by atoms with van der Waals surface area (Å²) in [6.45, 7) is 11.2. The molecule has 1 heterocycles. The number of likely N-dealkylation sites (tertiary alicyclic amines) is 1. The summed E-state index contributed by atoms with van der Waals surface area (Å²) in [6.07, 6.45) is 2.39. The molecular formula is C30H44N4O4. The summed E-state index contributed by atoms with van der Waals surface area (Å²) < 4.78 is 0. The molecule has 8 heteroatoms. The van der Waals surface area contributed by atoms with E-state index >= 15 is 0 Å². The van der Waals surface area contributed by atoms with E-state index in [1.54, 1.807) is 18.7 Å². The monoisotopic (exact) mass is 524 g/mol. The number of nitrogens with zero attached hydrogens (tertiary/aromatic N) is 1. The van der Waals surface area contributed by atoms with Gasteiger partial charge in [0.25, 0.3) is 0 Å². The van der Waals surface area contributed by atoms with Gasteiger partial charge in [-0.1, -0.05) is 63.2 Å². The SMILES string of the molecule is CC(C)(O)CNCCCNC(=O)C(Cc1ccc2ccccc2c1)NC(=O)[C@@H]1CCCN1C(=O)C(C)(C)C. The second-order valence-corrected chi connectivity index (χ2v) is 12.0. The average molecular weight is 525 g/mol. The second-order valence-electron chi connectivity index (χ2n) is 12.0. The predicted octanol–water partition coefficient (Wildman–Crippen LogP) is 2.77. The predicted molar refractivity (Wildman–Crippen MR) is 151 cm³/mol. The molecule has 1 aliphatic heterocycles. The van der Waals surface area contributed by atoms with Crippen LogP contribution in [-0.4, -0.2) is 71.6 Å². The maximum atomic E-state index is 13.4. The molecule has 1 fully saturated rings. The third-order valence-electron chi connectivity index (χ3n) is 6.73. The fourth-order valence-corrected chi connectivity index (χ4v) is 4.73. The topological polar surface area (TPSA) is 111 Å². The number of nitrogens with one attached hydrogen (secondary N) is 3. The van der Waals surface area contributed by atoms with Crippen LogP contribution in [-0.2, 0) is 20.8 Å². The van der Waals surface area contributed by atoms with Crippen LogP contribution in [0.5, 0.6) is 0 Å². The second kappa shape index (κ2) is 12.7. The Labute approximate surface area is 226 Å². The van der Waals surface area contributed by atoms with Gasteiger partial charge in [-0.15, -0.1) is 0 Å². The Morgan fingerprint density at radius 1 is 1.03 bits per heavy atom. The number of rotatable bonds is 11. The third-order valence-corrected chi connectivity index (χ3v) is 6.73. The maximum Gasteiger partial charge on any atom is 0.243 e. The van der Waals surface area contributed by atoms with Crippen LogP contribution in [0.2, 0.25) is 0 Å². The molecule has 1 saturated heterocycles. The first-order chi connectivity index (χ1) is 17.8. The van der Waals surface area contributed by atoms with Crippen molar-refractivity contribution in [2.75, 3.05) is 26.2 Å². The first-order valence-corrected chi connectivity index (χ1v) is 13.6. The van der Waals surface area contributed by atoms with Gasteiger partial charge >= 0.3 is 0 Å². The first-order valence-electron chi connectivity index (χ1n) is 13.6. The van der Waals surface area contributed by atoms with Gasteiger partial charge in [-0.05, 0) is 56.0 Å². The minimum absolute atomic E-state index is 0.0516. The molecule has 2 aromatic carbocycles. The van der Waals surface area contributed by atoms with E-state index in [1.165, 1.54) is 0 Å². The number of carbonyl (C=O) groups excluding carboxylic acids is 3. The van der Waals surface area contributed by atoms with Gasteiger partial charge in [0, 0.05) is 31.5 Å². The Bertz CT molecular complexity index is 1120. The van der Waals surface area contributed by atoms with E-state index in [9.17, 15) is 19.5 Å². The Balaban J connectivity index is 1.69. The summed E-state index contributed by atoms with van der Waals surface area (Å²) in [5.41, 5.74) is -0.421. The lowest BCUT2D eigenvalue weighted by Gasteiger charge is -2.31. The number of hydrogen-bond acceptors (Lipinski definition) is 5. The number of fused-ring (bicyclic) bond motifs is 1. The summed E-state index contributed by atoms with van der Waals surface area (Å²) in [5, 5.41) is 21.1. The fourth-order valence-electron chi connectivity index (χ4n) is 4.73. The van der Waals surface area contributed by atoms with Crippen molar-refractivity contribution >= 4 is 28.5 Å². The number of benzene rings is 2. The van der Waals surface area contributed by atoms with Gasteiger partial charge in [0.1, 0.15) is 12.1 Å². The Morgan fingerprint density at radius 3 is 2.42 bits per heavy atom. The third kappa shape index (κ3) is 8.53. The van der Waals surface area contributed by atoms with Crippen molar-refractivity contribution in [3.63, 3.8) is 0 Å². The molecule has 2 aromatic rings. The Hall–Kier alpha value is -2.97. The van der Waals surface area contributed by atoms with Crippen LogP contribution in [0.15, 0.2) is 42.5 Å². The highest BCUT2D eigenvalue weighted by Gasteiger charge is 2.39. The largest absolute Gasteiger partial charge is 0.389 e. The quantitative estimate of drug-likeness (QED) is 0.338. The molecule has 3 rings (SSSR count). The molecule has 0 aromatic heterocycles. The van der Waals surface area contributed by atoms with Crippen molar-refractivity contribution in [3.8, 4) is 0 Å². The van der Waals surface area contributed by atoms with Gasteiger partial charge in [-0.3, -0.25) is 14.4 Å². The lowest BCUT2D eigenvalue weighted by atomic mass is 9.94. The highest BCUT2D eigenvalue weighted by atomic mass is 16.3. The van der Waals surface area contributed by atoms with E-state index in [2.05, 4.69) is 16.0 Å². The summed E-state index contributed by atoms with van der Waals surface area (Å²) in [5.74, 6) is -0.585. The Morgan fingerprint density at radius 2 is 1.74 bits per heavy atom. The number of hydrogen-bond donors (Lipinski definition) is 4. The van der Waals surface area contributed by atoms with E-state index in [1.807, 2.05) is 63.2 Å². The maximum absolute atomic E-state index is 13.4. The van der Waals surface area contributed by atoms with Crippen LogP contribution in [0.4, 0.5) is 0 Å². The van der Waals surface area contributed by atoms with Gasteiger partial charge in [0.2, 0.25) is 17.7 Å². The van der Waals surface area contributed by atoms with E-state index < -0.39 is 23.1 Å². The van der Waals surface area contributed by atoms with E-state index in [-0.39, 0.29) is 17.7 Å². The molecule has 1 aliphatic rings. The van der Waals surface area contributed by atoms with Crippen molar-refractivity contribution in [2.24, 2.45) is 5.41 Å². The van der Waals surface area contributed by atoms with Crippen LogP contribution in [0, 0.1) is 5.41 Å².